The van der Waals surface area contributed by atoms with Crippen molar-refractivity contribution in [2.75, 3.05) is 39.5 Å². The second-order valence-corrected chi connectivity index (χ2v) is 9.36. The van der Waals surface area contributed by atoms with Crippen molar-refractivity contribution in [3.05, 3.63) is 35.9 Å². The van der Waals surface area contributed by atoms with E-state index in [-0.39, 0.29) is 25.5 Å². The van der Waals surface area contributed by atoms with Crippen LogP contribution < -0.4 is 10.6 Å². The van der Waals surface area contributed by atoms with Crippen molar-refractivity contribution >= 4 is 27.7 Å². The Morgan fingerprint density at radius 3 is 2.45 bits per heavy atom. The first-order chi connectivity index (χ1) is 13.5. The number of carbonyl (C=O) groups is 3. The maximum Gasteiger partial charge on any atom is 0.247 e. The maximum atomic E-state index is 12.7. The molecule has 0 radical (unpaired) electrons. The standard InChI is InChI=1S/C19H28N4O5S/c1-19(14-23(29(3,27)28)13-17(25)22(19)2)18(26)21-12-16(24)20-11-7-10-15-8-5-4-6-9-15/h4-6,8-9H,7,10-14H2,1-3H3,(H,20,24)(H,21,26)/t19-/m0/s1. The number of nitrogens with zero attached hydrogens (tertiary/aromatic N) is 2. The molecule has 0 bridgehead atoms. The Bertz CT molecular complexity index is 859. The average molecular weight is 425 g/mol. The van der Waals surface area contributed by atoms with Crippen LogP contribution in [0.3, 0.4) is 0 Å². The molecule has 2 N–H and O–H groups in total. The number of hydrogen-bond donors (Lipinski definition) is 2. The highest BCUT2D eigenvalue weighted by molar-refractivity contribution is 7.88. The fourth-order valence-electron chi connectivity index (χ4n) is 3.07. The number of aryl methyl sites for hydroxylation is 1. The van der Waals surface area contributed by atoms with Crippen molar-refractivity contribution in [3.63, 3.8) is 0 Å². The van der Waals surface area contributed by atoms with Crippen LogP contribution in [0, 0.1) is 0 Å². The minimum Gasteiger partial charge on any atom is -0.355 e. The van der Waals surface area contributed by atoms with E-state index in [1.165, 1.54) is 24.4 Å². The minimum atomic E-state index is -3.63. The summed E-state index contributed by atoms with van der Waals surface area (Å²) in [7, 11) is -2.18. The zero-order chi connectivity index (χ0) is 21.7. The van der Waals surface area contributed by atoms with Gasteiger partial charge in [0.25, 0.3) is 0 Å². The molecule has 29 heavy (non-hydrogen) atoms. The number of benzene rings is 1. The topological polar surface area (TPSA) is 116 Å². The van der Waals surface area contributed by atoms with Gasteiger partial charge in [-0.3, -0.25) is 14.4 Å². The Hall–Kier alpha value is -2.46. The largest absolute Gasteiger partial charge is 0.355 e. The molecular weight excluding hydrogens is 396 g/mol. The first kappa shape index (κ1) is 22.8. The van der Waals surface area contributed by atoms with Crippen LogP contribution in [0.2, 0.25) is 0 Å². The quantitative estimate of drug-likeness (QED) is 0.538. The van der Waals surface area contributed by atoms with Crippen LogP contribution in [0.1, 0.15) is 18.9 Å². The number of carbonyl (C=O) groups excluding carboxylic acids is 3. The van der Waals surface area contributed by atoms with E-state index in [2.05, 4.69) is 10.6 Å². The van der Waals surface area contributed by atoms with Crippen molar-refractivity contribution in [2.45, 2.75) is 25.3 Å². The highest BCUT2D eigenvalue weighted by Crippen LogP contribution is 2.22. The van der Waals surface area contributed by atoms with Gasteiger partial charge in [0.15, 0.2) is 0 Å². The fourth-order valence-corrected chi connectivity index (χ4v) is 3.91. The summed E-state index contributed by atoms with van der Waals surface area (Å²) in [5, 5.41) is 5.24. The van der Waals surface area contributed by atoms with Crippen LogP contribution in [-0.2, 0) is 30.8 Å². The Morgan fingerprint density at radius 2 is 1.83 bits per heavy atom. The van der Waals surface area contributed by atoms with Gasteiger partial charge >= 0.3 is 0 Å². The molecule has 0 aromatic heterocycles. The summed E-state index contributed by atoms with van der Waals surface area (Å²) >= 11 is 0. The predicted octanol–water partition coefficient (Wildman–Crippen LogP) is -0.656. The van der Waals surface area contributed by atoms with Gasteiger partial charge in [0.1, 0.15) is 5.54 Å². The lowest BCUT2D eigenvalue weighted by atomic mass is 9.96. The molecule has 0 unspecified atom stereocenters. The van der Waals surface area contributed by atoms with Crippen LogP contribution in [0.15, 0.2) is 30.3 Å². The number of piperazine rings is 1. The van der Waals surface area contributed by atoms with Crippen molar-refractivity contribution in [2.24, 2.45) is 0 Å². The van der Waals surface area contributed by atoms with E-state index < -0.39 is 27.4 Å². The first-order valence-electron chi connectivity index (χ1n) is 9.35. The molecule has 0 aliphatic carbocycles. The summed E-state index contributed by atoms with van der Waals surface area (Å²) in [6.07, 6.45) is 2.59. The van der Waals surface area contributed by atoms with E-state index in [0.29, 0.717) is 6.54 Å². The number of nitrogens with one attached hydrogen (secondary N) is 2. The third-order valence-corrected chi connectivity index (χ3v) is 6.28. The molecule has 9 nitrogen and oxygen atoms in total. The highest BCUT2D eigenvalue weighted by atomic mass is 32.2. The number of rotatable bonds is 8. The van der Waals surface area contributed by atoms with E-state index in [1.807, 2.05) is 30.3 Å². The summed E-state index contributed by atoms with van der Waals surface area (Å²) in [5.74, 6) is -1.41. The van der Waals surface area contributed by atoms with Gasteiger partial charge in [-0.15, -0.1) is 0 Å². The van der Waals surface area contributed by atoms with Gasteiger partial charge in [0.05, 0.1) is 19.3 Å². The molecule has 160 valence electrons. The van der Waals surface area contributed by atoms with E-state index in [9.17, 15) is 22.8 Å². The molecule has 1 aromatic rings. The lowest BCUT2D eigenvalue weighted by Crippen LogP contribution is -2.68. The zero-order valence-corrected chi connectivity index (χ0v) is 17.8. The first-order valence-corrected chi connectivity index (χ1v) is 11.2. The molecule has 1 aromatic carbocycles. The highest BCUT2D eigenvalue weighted by Gasteiger charge is 2.47. The van der Waals surface area contributed by atoms with E-state index in [0.717, 1.165) is 23.4 Å². The van der Waals surface area contributed by atoms with Crippen LogP contribution in [-0.4, -0.2) is 80.4 Å². The van der Waals surface area contributed by atoms with E-state index >= 15 is 0 Å². The average Bonchev–Trinajstić information content (AvgIpc) is 2.67. The lowest BCUT2D eigenvalue weighted by molar-refractivity contribution is -0.150. The molecule has 1 aliphatic rings. The molecule has 1 atom stereocenters. The number of sulfonamides is 1. The second-order valence-electron chi connectivity index (χ2n) is 7.38. The molecule has 0 saturated carbocycles. The van der Waals surface area contributed by atoms with Crippen molar-refractivity contribution in [3.8, 4) is 0 Å². The summed E-state index contributed by atoms with van der Waals surface area (Å²) in [6.45, 7) is 1.23. The van der Waals surface area contributed by atoms with Crippen molar-refractivity contribution in [1.82, 2.24) is 19.8 Å². The van der Waals surface area contributed by atoms with Gasteiger partial charge < -0.3 is 15.5 Å². The van der Waals surface area contributed by atoms with Gasteiger partial charge in [-0.1, -0.05) is 30.3 Å². The summed E-state index contributed by atoms with van der Waals surface area (Å²) < 4.78 is 24.6. The van der Waals surface area contributed by atoms with Gasteiger partial charge in [0.2, 0.25) is 27.7 Å². The van der Waals surface area contributed by atoms with Gasteiger partial charge in [-0.05, 0) is 25.3 Å². The SMILES string of the molecule is CN1C(=O)CN(S(C)(=O)=O)C[C@@]1(C)C(=O)NCC(=O)NCCCc1ccccc1. The van der Waals surface area contributed by atoms with Gasteiger partial charge in [-0.25, -0.2) is 8.42 Å². The van der Waals surface area contributed by atoms with E-state index in [1.54, 1.807) is 0 Å². The van der Waals surface area contributed by atoms with E-state index in [4.69, 9.17) is 0 Å². The molecule has 1 fully saturated rings. The molecule has 1 saturated heterocycles. The number of likely N-dealkylation sites (N-methyl/N-ethyl adjacent to an activating group) is 1. The fraction of sp³-hybridized carbons (Fsp3) is 0.526. The number of hydrogen-bond acceptors (Lipinski definition) is 5. The Kier molecular flexibility index (Phi) is 7.37. The zero-order valence-electron chi connectivity index (χ0n) is 17.0. The van der Waals surface area contributed by atoms with Crippen LogP contribution >= 0.6 is 0 Å². The van der Waals surface area contributed by atoms with Crippen LogP contribution in [0.5, 0.6) is 0 Å². The van der Waals surface area contributed by atoms with Crippen LogP contribution in [0.4, 0.5) is 0 Å². The monoisotopic (exact) mass is 424 g/mol. The lowest BCUT2D eigenvalue weighted by Gasteiger charge is -2.44. The third kappa shape index (κ3) is 6.01. The van der Waals surface area contributed by atoms with Gasteiger partial charge in [-0.2, -0.15) is 4.31 Å². The Balaban J connectivity index is 1.83. The Morgan fingerprint density at radius 1 is 1.17 bits per heavy atom. The van der Waals surface area contributed by atoms with Gasteiger partial charge in [0, 0.05) is 20.1 Å². The molecular formula is C19H28N4O5S. The minimum absolute atomic E-state index is 0.168. The smallest absolute Gasteiger partial charge is 0.247 e. The van der Waals surface area contributed by atoms with Crippen LogP contribution in [0.25, 0.3) is 0 Å². The second kappa shape index (κ2) is 9.36. The normalized spacial score (nSPS) is 20.4. The maximum absolute atomic E-state index is 12.7. The molecule has 3 amide bonds. The summed E-state index contributed by atoms with van der Waals surface area (Å²) in [4.78, 5) is 38.0. The Labute approximate surface area is 171 Å². The predicted molar refractivity (Wildman–Crippen MR) is 108 cm³/mol. The van der Waals surface area contributed by atoms with Crippen molar-refractivity contribution in [1.29, 1.82) is 0 Å². The summed E-state index contributed by atoms with van der Waals surface area (Å²) in [5.41, 5.74) is -0.213. The molecule has 1 aliphatic heterocycles. The molecule has 2 rings (SSSR count). The molecule has 1 heterocycles. The molecule has 10 heteroatoms. The number of amides is 3. The summed E-state index contributed by atoms with van der Waals surface area (Å²) in [6, 6.07) is 9.90. The third-order valence-electron chi connectivity index (χ3n) is 5.09. The van der Waals surface area contributed by atoms with Crippen molar-refractivity contribution < 1.29 is 22.8 Å². The molecule has 0 spiro atoms.